The zero-order valence-electron chi connectivity index (χ0n) is 10.6. The molecule has 3 N–H and O–H groups in total. The van der Waals surface area contributed by atoms with Crippen LogP contribution in [-0.2, 0) is 20.2 Å². The lowest BCUT2D eigenvalue weighted by Crippen LogP contribution is -2.24. The second-order valence-electron chi connectivity index (χ2n) is 4.82. The highest BCUT2D eigenvalue weighted by atomic mass is 32.2. The first-order chi connectivity index (χ1) is 8.02. The summed E-state index contributed by atoms with van der Waals surface area (Å²) in [5.74, 6) is -1.64. The maximum Gasteiger partial charge on any atom is 0.233 e. The summed E-state index contributed by atoms with van der Waals surface area (Å²) in [4.78, 5) is 10.7. The van der Waals surface area contributed by atoms with E-state index in [2.05, 4.69) is 0 Å². The molecule has 5 nitrogen and oxygen atoms in total. The Morgan fingerprint density at radius 2 is 1.89 bits per heavy atom. The Hall–Kier alpha value is -1.40. The lowest BCUT2D eigenvalue weighted by molar-refractivity contribution is -0.115. The number of benzene rings is 1. The number of hydrogen-bond acceptors (Lipinski definition) is 4. The van der Waals surface area contributed by atoms with E-state index in [-0.39, 0.29) is 4.90 Å². The number of primary amides is 1. The zero-order valence-corrected chi connectivity index (χ0v) is 11.4. The Morgan fingerprint density at radius 1 is 1.33 bits per heavy atom. The minimum atomic E-state index is -3.75. The first kappa shape index (κ1) is 14.7. The highest BCUT2D eigenvalue weighted by Crippen LogP contribution is 2.24. The van der Waals surface area contributed by atoms with Crippen molar-refractivity contribution in [1.82, 2.24) is 0 Å². The quantitative estimate of drug-likeness (QED) is 0.832. The molecule has 0 fully saturated rings. The van der Waals surface area contributed by atoms with Crippen LogP contribution in [0.25, 0.3) is 0 Å². The Balaban J connectivity index is 3.35. The van der Waals surface area contributed by atoms with Gasteiger partial charge in [0, 0.05) is 0 Å². The predicted octanol–water partition coefficient (Wildman–Crippen LogP) is 0.481. The third-order valence-electron chi connectivity index (χ3n) is 2.45. The van der Waals surface area contributed by atoms with E-state index in [0.29, 0.717) is 11.1 Å². The van der Waals surface area contributed by atoms with Crippen LogP contribution in [0.2, 0.25) is 0 Å². The Kier molecular flexibility index (Phi) is 3.83. The van der Waals surface area contributed by atoms with Gasteiger partial charge in [-0.1, -0.05) is 6.07 Å². The molecule has 0 heterocycles. The van der Waals surface area contributed by atoms with Gasteiger partial charge in [-0.15, -0.1) is 0 Å². The molecule has 0 spiro atoms. The van der Waals surface area contributed by atoms with Crippen molar-refractivity contribution in [3.63, 3.8) is 0 Å². The molecule has 0 saturated carbocycles. The van der Waals surface area contributed by atoms with Gasteiger partial charge in [-0.2, -0.15) is 0 Å². The first-order valence-electron chi connectivity index (χ1n) is 5.38. The maximum atomic E-state index is 11.9. The second-order valence-corrected chi connectivity index (χ2v) is 6.81. The monoisotopic (exact) mass is 271 g/mol. The molecule has 1 aromatic carbocycles. The van der Waals surface area contributed by atoms with Crippen molar-refractivity contribution in [2.75, 3.05) is 5.75 Å². The van der Waals surface area contributed by atoms with Gasteiger partial charge in [-0.05, 0) is 44.0 Å². The number of rotatable bonds is 4. The van der Waals surface area contributed by atoms with Crippen LogP contribution >= 0.6 is 0 Å². The van der Waals surface area contributed by atoms with E-state index >= 15 is 0 Å². The number of nitrogens with two attached hydrogens (primary N) is 1. The third kappa shape index (κ3) is 3.54. The molecule has 0 aliphatic heterocycles. The molecule has 0 atom stereocenters. The molecule has 1 amide bonds. The lowest BCUT2D eigenvalue weighted by Gasteiger charge is -2.19. The number of sulfone groups is 1. The minimum absolute atomic E-state index is 0.00146. The highest BCUT2D eigenvalue weighted by molar-refractivity contribution is 7.92. The summed E-state index contributed by atoms with van der Waals surface area (Å²) in [5.41, 5.74) is 4.93. The average Bonchev–Trinajstić information content (AvgIpc) is 2.13. The molecular formula is C12H17NO4S. The summed E-state index contributed by atoms with van der Waals surface area (Å²) in [6.45, 7) is 4.84. The predicted molar refractivity (Wildman–Crippen MR) is 67.7 cm³/mol. The van der Waals surface area contributed by atoms with E-state index in [1.165, 1.54) is 12.1 Å². The summed E-state index contributed by atoms with van der Waals surface area (Å²) in [7, 11) is -3.75. The van der Waals surface area contributed by atoms with Crippen LogP contribution in [0.5, 0.6) is 0 Å². The van der Waals surface area contributed by atoms with Gasteiger partial charge in [-0.25, -0.2) is 8.42 Å². The molecule has 18 heavy (non-hydrogen) atoms. The number of hydrogen-bond donors (Lipinski definition) is 2. The van der Waals surface area contributed by atoms with E-state index < -0.39 is 27.1 Å². The van der Waals surface area contributed by atoms with Crippen LogP contribution in [-0.4, -0.2) is 25.2 Å². The van der Waals surface area contributed by atoms with Crippen LogP contribution in [0, 0.1) is 6.92 Å². The Bertz CT molecular complexity index is 570. The van der Waals surface area contributed by atoms with Gasteiger partial charge in [0.25, 0.3) is 0 Å². The van der Waals surface area contributed by atoms with E-state index in [1.807, 2.05) is 0 Å². The molecule has 0 aliphatic rings. The van der Waals surface area contributed by atoms with Gasteiger partial charge in [0.05, 0.1) is 10.5 Å². The molecule has 0 saturated heterocycles. The van der Waals surface area contributed by atoms with Gasteiger partial charge in [0.2, 0.25) is 5.91 Å². The Morgan fingerprint density at radius 3 is 2.33 bits per heavy atom. The summed E-state index contributed by atoms with van der Waals surface area (Å²) < 4.78 is 23.8. The molecule has 0 unspecified atom stereocenters. The molecule has 100 valence electrons. The molecule has 6 heteroatoms. The average molecular weight is 271 g/mol. The molecule has 1 rings (SSSR count). The fourth-order valence-corrected chi connectivity index (χ4v) is 2.76. The largest absolute Gasteiger partial charge is 0.386 e. The van der Waals surface area contributed by atoms with Crippen molar-refractivity contribution in [3.05, 3.63) is 29.3 Å². The van der Waals surface area contributed by atoms with Crippen LogP contribution in [0.3, 0.4) is 0 Å². The topological polar surface area (TPSA) is 97.5 Å². The molecule has 0 aromatic heterocycles. The van der Waals surface area contributed by atoms with Gasteiger partial charge in [0.15, 0.2) is 9.84 Å². The molecule has 1 aromatic rings. The summed E-state index contributed by atoms with van der Waals surface area (Å²) in [6, 6.07) is 4.52. The maximum absolute atomic E-state index is 11.9. The smallest absolute Gasteiger partial charge is 0.233 e. The van der Waals surface area contributed by atoms with Gasteiger partial charge in [-0.3, -0.25) is 4.79 Å². The molecule has 0 aliphatic carbocycles. The number of carbonyl (C=O) groups excluding carboxylic acids is 1. The number of aliphatic hydroxyl groups is 1. The van der Waals surface area contributed by atoms with Crippen molar-refractivity contribution in [2.45, 2.75) is 31.3 Å². The van der Waals surface area contributed by atoms with Crippen molar-refractivity contribution in [3.8, 4) is 0 Å². The molecular weight excluding hydrogens is 254 g/mol. The number of aryl methyl sites for hydroxylation is 1. The van der Waals surface area contributed by atoms with E-state index in [1.54, 1.807) is 26.8 Å². The van der Waals surface area contributed by atoms with Crippen molar-refractivity contribution in [2.24, 2.45) is 5.73 Å². The van der Waals surface area contributed by atoms with Gasteiger partial charge < -0.3 is 10.8 Å². The Labute approximate surface area is 107 Å². The van der Waals surface area contributed by atoms with Crippen LogP contribution in [0.1, 0.15) is 25.0 Å². The standard InChI is InChI=1S/C12H17NO4S/c1-8-4-9(12(2,3)15)6-10(5-8)18(16,17)7-11(13)14/h4-6,15H,7H2,1-3H3,(H2,13,14). The minimum Gasteiger partial charge on any atom is -0.386 e. The second kappa shape index (κ2) is 4.70. The van der Waals surface area contributed by atoms with Crippen LogP contribution < -0.4 is 5.73 Å². The molecule has 0 radical (unpaired) electrons. The normalized spacial score (nSPS) is 12.4. The van der Waals surface area contributed by atoms with Crippen molar-refractivity contribution in [1.29, 1.82) is 0 Å². The fraction of sp³-hybridized carbons (Fsp3) is 0.417. The summed E-state index contributed by atoms with van der Waals surface area (Å²) in [6.07, 6.45) is 0. The summed E-state index contributed by atoms with van der Waals surface area (Å²) >= 11 is 0. The lowest BCUT2D eigenvalue weighted by atomic mass is 9.97. The van der Waals surface area contributed by atoms with E-state index in [0.717, 1.165) is 0 Å². The highest BCUT2D eigenvalue weighted by Gasteiger charge is 2.22. The summed E-state index contributed by atoms with van der Waals surface area (Å²) in [5, 5.41) is 9.90. The first-order valence-corrected chi connectivity index (χ1v) is 7.03. The van der Waals surface area contributed by atoms with Gasteiger partial charge in [0.1, 0.15) is 5.75 Å². The van der Waals surface area contributed by atoms with E-state index in [9.17, 15) is 18.3 Å². The number of carbonyl (C=O) groups is 1. The molecule has 0 bridgehead atoms. The van der Waals surface area contributed by atoms with E-state index in [4.69, 9.17) is 5.73 Å². The van der Waals surface area contributed by atoms with Gasteiger partial charge >= 0.3 is 0 Å². The SMILES string of the molecule is Cc1cc(C(C)(C)O)cc(S(=O)(=O)CC(N)=O)c1. The van der Waals surface area contributed by atoms with Crippen molar-refractivity contribution < 1.29 is 18.3 Å². The number of amides is 1. The zero-order chi connectivity index (χ0) is 14.1. The fourth-order valence-electron chi connectivity index (χ4n) is 1.55. The van der Waals surface area contributed by atoms with Crippen LogP contribution in [0.15, 0.2) is 23.1 Å². The van der Waals surface area contributed by atoms with Crippen LogP contribution in [0.4, 0.5) is 0 Å². The third-order valence-corrected chi connectivity index (χ3v) is 4.07. The van der Waals surface area contributed by atoms with Crippen molar-refractivity contribution >= 4 is 15.7 Å².